The number of esters is 2. The number of carboxylic acid groups (broad SMARTS) is 1. The van der Waals surface area contributed by atoms with E-state index in [9.17, 15) is 19.5 Å². The Bertz CT molecular complexity index is 727. The van der Waals surface area contributed by atoms with Gasteiger partial charge in [0.05, 0.1) is 40.3 Å². The molecular formula is C32H57NO7. The molecule has 0 heterocycles. The van der Waals surface area contributed by atoms with E-state index in [0.717, 1.165) is 44.9 Å². The van der Waals surface area contributed by atoms with E-state index in [0.29, 0.717) is 19.3 Å². The van der Waals surface area contributed by atoms with Gasteiger partial charge in [0.15, 0.2) is 6.10 Å². The number of likely N-dealkylation sites (N-methyl/N-ethyl adjacent to an activating group) is 1. The second-order valence-corrected chi connectivity index (χ2v) is 11.3. The monoisotopic (exact) mass is 567 g/mol. The summed E-state index contributed by atoms with van der Waals surface area (Å²) < 4.78 is 16.6. The molecule has 0 amide bonds. The molecule has 0 fully saturated rings. The van der Waals surface area contributed by atoms with Crippen molar-refractivity contribution in [3.63, 3.8) is 0 Å². The molecule has 0 aromatic rings. The molecule has 0 N–H and O–H groups in total. The first-order chi connectivity index (χ1) is 19.1. The van der Waals surface area contributed by atoms with E-state index >= 15 is 0 Å². The van der Waals surface area contributed by atoms with Gasteiger partial charge in [0.1, 0.15) is 12.6 Å². The number of hydrogen-bond acceptors (Lipinski definition) is 7. The maximum atomic E-state index is 12.4. The Morgan fingerprint density at radius 2 is 1.38 bits per heavy atom. The second kappa shape index (κ2) is 24.6. The molecule has 0 aromatic carbocycles. The lowest BCUT2D eigenvalue weighted by Crippen LogP contribution is -2.55. The summed E-state index contributed by atoms with van der Waals surface area (Å²) in [4.78, 5) is 35.6. The van der Waals surface area contributed by atoms with Gasteiger partial charge in [0, 0.05) is 19.3 Å². The van der Waals surface area contributed by atoms with Crippen LogP contribution in [-0.4, -0.2) is 75.5 Å². The van der Waals surface area contributed by atoms with E-state index in [1.54, 1.807) is 21.1 Å². The minimum Gasteiger partial charge on any atom is -0.544 e. The molecule has 8 nitrogen and oxygen atoms in total. The highest BCUT2D eigenvalue weighted by Crippen LogP contribution is 2.11. The molecule has 0 bridgehead atoms. The van der Waals surface area contributed by atoms with Crippen LogP contribution in [0, 0.1) is 0 Å². The third-order valence-corrected chi connectivity index (χ3v) is 6.56. The number of carbonyl (C=O) groups excluding carboxylic acids is 3. The highest BCUT2D eigenvalue weighted by Gasteiger charge is 2.25. The van der Waals surface area contributed by atoms with Crippen LogP contribution in [0.1, 0.15) is 110 Å². The van der Waals surface area contributed by atoms with Crippen LogP contribution in [0.15, 0.2) is 24.3 Å². The van der Waals surface area contributed by atoms with Crippen LogP contribution in [0.2, 0.25) is 0 Å². The van der Waals surface area contributed by atoms with E-state index in [1.165, 1.54) is 25.7 Å². The molecule has 0 aromatic heterocycles. The lowest BCUT2D eigenvalue weighted by molar-refractivity contribution is -0.889. The first-order valence-corrected chi connectivity index (χ1v) is 15.4. The summed E-state index contributed by atoms with van der Waals surface area (Å²) in [5.41, 5.74) is 0. The Hall–Kier alpha value is -2.19. The van der Waals surface area contributed by atoms with E-state index in [-0.39, 0.29) is 42.7 Å². The van der Waals surface area contributed by atoms with Crippen LogP contribution < -0.4 is 5.11 Å². The van der Waals surface area contributed by atoms with Crippen LogP contribution >= 0.6 is 0 Å². The van der Waals surface area contributed by atoms with Crippen molar-refractivity contribution in [2.45, 2.75) is 122 Å². The topological polar surface area (TPSA) is 102 Å². The molecule has 0 aliphatic heterocycles. The van der Waals surface area contributed by atoms with E-state index in [4.69, 9.17) is 14.2 Å². The van der Waals surface area contributed by atoms with E-state index in [2.05, 4.69) is 31.2 Å². The number of carboxylic acids is 1. The highest BCUT2D eigenvalue weighted by molar-refractivity contribution is 5.70. The summed E-state index contributed by atoms with van der Waals surface area (Å²) in [7, 11) is 5.35. The molecule has 0 aliphatic carbocycles. The van der Waals surface area contributed by atoms with Gasteiger partial charge < -0.3 is 28.6 Å². The molecular weight excluding hydrogens is 510 g/mol. The van der Waals surface area contributed by atoms with Gasteiger partial charge in [-0.2, -0.15) is 0 Å². The maximum absolute atomic E-state index is 12.4. The molecule has 0 spiro atoms. The Balaban J connectivity index is 4.23. The zero-order valence-corrected chi connectivity index (χ0v) is 26.0. The van der Waals surface area contributed by atoms with Crippen molar-refractivity contribution in [1.82, 2.24) is 0 Å². The number of allylic oxidation sites excluding steroid dienone is 4. The lowest BCUT2D eigenvalue weighted by Gasteiger charge is -2.34. The molecule has 0 saturated carbocycles. The Morgan fingerprint density at radius 3 is 1.98 bits per heavy atom. The van der Waals surface area contributed by atoms with Gasteiger partial charge in [-0.25, -0.2) is 0 Å². The standard InChI is InChI=1S/C32H57NO7/c1-6-8-9-10-11-12-13-14-15-16-17-18-19-20-21-23-31(35)40-28(27-39-30(34)22-7-2)26-38-25-24-29(32(36)37)33(3,4)5/h11-12,14-15,28-29H,6-10,13,16-27H2,1-5H3/b12-11-,15-14-. The van der Waals surface area contributed by atoms with Crippen LogP contribution in [0.5, 0.6) is 0 Å². The molecule has 0 radical (unpaired) electrons. The van der Waals surface area contributed by atoms with Gasteiger partial charge in [0.25, 0.3) is 0 Å². The normalized spacial score (nSPS) is 13.5. The van der Waals surface area contributed by atoms with Gasteiger partial charge in [0.2, 0.25) is 0 Å². The van der Waals surface area contributed by atoms with Gasteiger partial charge in [-0.05, 0) is 44.9 Å². The summed E-state index contributed by atoms with van der Waals surface area (Å²) in [5.74, 6) is -1.82. The smallest absolute Gasteiger partial charge is 0.306 e. The van der Waals surface area contributed by atoms with Gasteiger partial charge in [-0.1, -0.05) is 70.3 Å². The minimum absolute atomic E-state index is 0.0320. The van der Waals surface area contributed by atoms with Crippen LogP contribution in [0.3, 0.4) is 0 Å². The van der Waals surface area contributed by atoms with Gasteiger partial charge in [-0.3, -0.25) is 9.59 Å². The SMILES string of the molecule is CCCCC/C=C\C/C=C\CCCCCCCC(=O)OC(COCCC(C(=O)[O-])[N+](C)(C)C)COC(=O)CCC. The van der Waals surface area contributed by atoms with Crippen molar-refractivity contribution in [3.05, 3.63) is 24.3 Å². The molecule has 2 atom stereocenters. The fraction of sp³-hybridized carbons (Fsp3) is 0.781. The number of hydrogen-bond donors (Lipinski definition) is 0. The molecule has 8 heteroatoms. The van der Waals surface area contributed by atoms with E-state index < -0.39 is 18.1 Å². The Labute approximate surface area is 243 Å². The lowest BCUT2D eigenvalue weighted by atomic mass is 10.1. The number of nitrogens with zero attached hydrogens (tertiary/aromatic N) is 1. The first kappa shape index (κ1) is 37.8. The molecule has 40 heavy (non-hydrogen) atoms. The molecule has 232 valence electrons. The van der Waals surface area contributed by atoms with Crippen molar-refractivity contribution < 1.29 is 38.2 Å². The maximum Gasteiger partial charge on any atom is 0.306 e. The van der Waals surface area contributed by atoms with Crippen LogP contribution in [-0.2, 0) is 28.6 Å². The van der Waals surface area contributed by atoms with E-state index in [1.807, 2.05) is 6.92 Å². The predicted octanol–water partition coefficient (Wildman–Crippen LogP) is 5.29. The predicted molar refractivity (Wildman–Crippen MR) is 157 cm³/mol. The van der Waals surface area contributed by atoms with Crippen molar-refractivity contribution >= 4 is 17.9 Å². The fourth-order valence-electron chi connectivity index (χ4n) is 4.14. The van der Waals surface area contributed by atoms with Crippen LogP contribution in [0.25, 0.3) is 0 Å². The van der Waals surface area contributed by atoms with Gasteiger partial charge in [-0.15, -0.1) is 0 Å². The summed E-state index contributed by atoms with van der Waals surface area (Å²) >= 11 is 0. The fourth-order valence-corrected chi connectivity index (χ4v) is 4.14. The highest BCUT2D eigenvalue weighted by atomic mass is 16.6. The largest absolute Gasteiger partial charge is 0.544 e. The third kappa shape index (κ3) is 22.6. The van der Waals surface area contributed by atoms with Crippen molar-refractivity contribution in [1.29, 1.82) is 0 Å². The third-order valence-electron chi connectivity index (χ3n) is 6.56. The quantitative estimate of drug-likeness (QED) is 0.0606. The van der Waals surface area contributed by atoms with Crippen molar-refractivity contribution in [2.24, 2.45) is 0 Å². The molecule has 2 unspecified atom stereocenters. The molecule has 0 saturated heterocycles. The van der Waals surface area contributed by atoms with Crippen molar-refractivity contribution in [3.8, 4) is 0 Å². The number of aliphatic carboxylic acids is 1. The summed E-state index contributed by atoms with van der Waals surface area (Å²) in [6, 6.07) is -0.721. The zero-order valence-electron chi connectivity index (χ0n) is 26.0. The minimum atomic E-state index is -1.13. The van der Waals surface area contributed by atoms with Crippen LogP contribution in [0.4, 0.5) is 0 Å². The second-order valence-electron chi connectivity index (χ2n) is 11.3. The summed E-state index contributed by atoms with van der Waals surface area (Å²) in [6.07, 6.45) is 22.0. The Morgan fingerprint density at radius 1 is 0.750 bits per heavy atom. The molecule has 0 aliphatic rings. The first-order valence-electron chi connectivity index (χ1n) is 15.4. The van der Waals surface area contributed by atoms with Gasteiger partial charge >= 0.3 is 11.9 Å². The number of carbonyl (C=O) groups is 3. The Kier molecular flexibility index (Phi) is 23.2. The number of ether oxygens (including phenoxy) is 3. The number of rotatable bonds is 26. The average Bonchev–Trinajstić information content (AvgIpc) is 2.88. The summed E-state index contributed by atoms with van der Waals surface area (Å²) in [5, 5.41) is 11.4. The zero-order chi connectivity index (χ0) is 30.1. The number of quaternary nitrogens is 1. The average molecular weight is 568 g/mol. The molecule has 0 rings (SSSR count). The van der Waals surface area contributed by atoms with Crippen molar-refractivity contribution in [2.75, 3.05) is 41.0 Å². The number of unbranched alkanes of at least 4 members (excludes halogenated alkanes) is 8. The summed E-state index contributed by atoms with van der Waals surface area (Å²) in [6.45, 7) is 4.22.